The zero-order valence-corrected chi connectivity index (χ0v) is 31.1. The van der Waals surface area contributed by atoms with E-state index in [0.29, 0.717) is 26.1 Å². The van der Waals surface area contributed by atoms with Crippen molar-refractivity contribution < 1.29 is 23.8 Å². The minimum Gasteiger partial charge on any atom is -0.462 e. The van der Waals surface area contributed by atoms with Gasteiger partial charge in [-0.25, -0.2) is 0 Å². The van der Waals surface area contributed by atoms with Gasteiger partial charge in [-0.1, -0.05) is 168 Å². The summed E-state index contributed by atoms with van der Waals surface area (Å²) in [5.74, 6) is -0.412. The van der Waals surface area contributed by atoms with Gasteiger partial charge in [0.2, 0.25) is 0 Å². The number of carbonyl (C=O) groups is 2. The first kappa shape index (κ1) is 44.6. The van der Waals surface area contributed by atoms with Crippen LogP contribution in [0.5, 0.6) is 0 Å². The maximum atomic E-state index is 12.5. The van der Waals surface area contributed by atoms with Gasteiger partial charge in [-0.15, -0.1) is 0 Å². The fraction of sp³-hybridized carbons (Fsp3) is 0.902. The molecule has 0 aliphatic heterocycles. The van der Waals surface area contributed by atoms with E-state index in [2.05, 4.69) is 32.9 Å². The van der Waals surface area contributed by atoms with Crippen LogP contribution >= 0.6 is 0 Å². The van der Waals surface area contributed by atoms with Crippen LogP contribution in [0.4, 0.5) is 0 Å². The summed E-state index contributed by atoms with van der Waals surface area (Å²) >= 11 is 0. The standard InChI is InChI=1S/C41H78O5/c1-4-7-10-13-15-17-19-21-22-24-26-29-31-34-40(42)45-38-39(46-41(43)35-32-28-12-9-6-3)37-44-36-33-30-27-25-23-20-18-16-14-11-8-5-2/h17,19,39H,4-16,18,20-38H2,1-3H3/b19-17-. The van der Waals surface area contributed by atoms with E-state index in [4.69, 9.17) is 14.2 Å². The van der Waals surface area contributed by atoms with Gasteiger partial charge in [0.05, 0.1) is 6.61 Å². The molecule has 1 unspecified atom stereocenters. The summed E-state index contributed by atoms with van der Waals surface area (Å²) in [6.45, 7) is 7.75. The number of carbonyl (C=O) groups excluding carboxylic acids is 2. The molecule has 0 aromatic carbocycles. The number of hydrogen-bond acceptors (Lipinski definition) is 5. The van der Waals surface area contributed by atoms with Gasteiger partial charge < -0.3 is 14.2 Å². The molecule has 0 aromatic heterocycles. The van der Waals surface area contributed by atoms with Crippen LogP contribution in [0.2, 0.25) is 0 Å². The highest BCUT2D eigenvalue weighted by molar-refractivity contribution is 5.70. The van der Waals surface area contributed by atoms with Crippen molar-refractivity contribution in [2.24, 2.45) is 0 Å². The molecule has 0 N–H and O–H groups in total. The summed E-state index contributed by atoms with van der Waals surface area (Å²) in [5.41, 5.74) is 0. The average molecular weight is 651 g/mol. The van der Waals surface area contributed by atoms with Crippen molar-refractivity contribution in [3.05, 3.63) is 12.2 Å². The SMILES string of the molecule is CCCCCC/C=C\CCCCCCCC(=O)OCC(COCCCCCCCCCCCCCC)OC(=O)CCCCCCC. The Labute approximate surface area is 286 Å². The Morgan fingerprint density at radius 2 is 0.848 bits per heavy atom. The molecule has 0 aromatic rings. The Morgan fingerprint density at radius 1 is 0.457 bits per heavy atom. The average Bonchev–Trinajstić information content (AvgIpc) is 3.05. The molecule has 5 nitrogen and oxygen atoms in total. The predicted molar refractivity (Wildman–Crippen MR) is 196 cm³/mol. The molecule has 0 saturated heterocycles. The second-order valence-corrected chi connectivity index (χ2v) is 13.6. The number of hydrogen-bond donors (Lipinski definition) is 0. The van der Waals surface area contributed by atoms with Crippen molar-refractivity contribution in [1.82, 2.24) is 0 Å². The number of unbranched alkanes of at least 4 members (excludes halogenated alkanes) is 24. The first-order valence-electron chi connectivity index (χ1n) is 20.2. The zero-order valence-electron chi connectivity index (χ0n) is 31.1. The third kappa shape index (κ3) is 35.5. The van der Waals surface area contributed by atoms with Crippen LogP contribution in [0.3, 0.4) is 0 Å². The topological polar surface area (TPSA) is 61.8 Å². The van der Waals surface area contributed by atoms with E-state index in [0.717, 1.165) is 51.4 Å². The lowest BCUT2D eigenvalue weighted by Gasteiger charge is -2.18. The highest BCUT2D eigenvalue weighted by atomic mass is 16.6. The smallest absolute Gasteiger partial charge is 0.306 e. The maximum absolute atomic E-state index is 12.5. The number of rotatable bonds is 37. The van der Waals surface area contributed by atoms with Crippen LogP contribution in [0.15, 0.2) is 12.2 Å². The fourth-order valence-corrected chi connectivity index (χ4v) is 5.74. The highest BCUT2D eigenvalue weighted by Crippen LogP contribution is 2.13. The molecular formula is C41H78O5. The maximum Gasteiger partial charge on any atom is 0.306 e. The quantitative estimate of drug-likeness (QED) is 0.0380. The van der Waals surface area contributed by atoms with Crippen molar-refractivity contribution in [3.8, 4) is 0 Å². The predicted octanol–water partition coefficient (Wildman–Crippen LogP) is 12.8. The molecule has 5 heteroatoms. The molecule has 0 amide bonds. The summed E-state index contributed by atoms with van der Waals surface area (Å²) in [5, 5.41) is 0. The number of esters is 2. The molecular weight excluding hydrogens is 572 g/mol. The number of ether oxygens (including phenoxy) is 3. The van der Waals surface area contributed by atoms with Gasteiger partial charge in [-0.3, -0.25) is 9.59 Å². The second kappa shape index (κ2) is 38.1. The van der Waals surface area contributed by atoms with Gasteiger partial charge in [0, 0.05) is 19.4 Å². The van der Waals surface area contributed by atoms with E-state index in [1.807, 2.05) is 0 Å². The van der Waals surface area contributed by atoms with E-state index >= 15 is 0 Å². The van der Waals surface area contributed by atoms with Crippen LogP contribution in [-0.4, -0.2) is 37.9 Å². The first-order chi connectivity index (χ1) is 22.6. The van der Waals surface area contributed by atoms with E-state index in [-0.39, 0.29) is 18.5 Å². The van der Waals surface area contributed by atoms with Gasteiger partial charge in [0.15, 0.2) is 6.10 Å². The summed E-state index contributed by atoms with van der Waals surface area (Å²) in [4.78, 5) is 24.9. The van der Waals surface area contributed by atoms with Gasteiger partial charge in [0.1, 0.15) is 6.61 Å². The summed E-state index contributed by atoms with van der Waals surface area (Å²) in [6.07, 6.45) is 39.4. The van der Waals surface area contributed by atoms with Crippen LogP contribution < -0.4 is 0 Å². The third-order valence-corrected chi connectivity index (χ3v) is 8.80. The molecule has 1 atom stereocenters. The number of allylic oxidation sites excluding steroid dienone is 2. The Bertz CT molecular complexity index is 661. The Kier molecular flexibility index (Phi) is 37.0. The molecule has 0 bridgehead atoms. The van der Waals surface area contributed by atoms with Crippen molar-refractivity contribution in [2.45, 2.75) is 219 Å². The molecule has 0 aliphatic rings. The Hall–Kier alpha value is -1.36. The molecule has 272 valence electrons. The van der Waals surface area contributed by atoms with Crippen LogP contribution in [0.25, 0.3) is 0 Å². The van der Waals surface area contributed by atoms with Crippen LogP contribution in [-0.2, 0) is 23.8 Å². The summed E-state index contributed by atoms with van der Waals surface area (Å²) in [6, 6.07) is 0. The van der Waals surface area contributed by atoms with E-state index in [1.165, 1.54) is 128 Å². The molecule has 0 heterocycles. The van der Waals surface area contributed by atoms with Crippen molar-refractivity contribution >= 4 is 11.9 Å². The van der Waals surface area contributed by atoms with E-state index in [1.54, 1.807) is 0 Å². The lowest BCUT2D eigenvalue weighted by Crippen LogP contribution is -2.30. The minimum atomic E-state index is -0.524. The van der Waals surface area contributed by atoms with Gasteiger partial charge in [-0.2, -0.15) is 0 Å². The molecule has 46 heavy (non-hydrogen) atoms. The molecule has 0 fully saturated rings. The first-order valence-corrected chi connectivity index (χ1v) is 20.2. The molecule has 0 rings (SSSR count). The lowest BCUT2D eigenvalue weighted by molar-refractivity contribution is -0.163. The summed E-state index contributed by atoms with van der Waals surface area (Å²) in [7, 11) is 0. The third-order valence-electron chi connectivity index (χ3n) is 8.80. The monoisotopic (exact) mass is 651 g/mol. The minimum absolute atomic E-state index is 0.0869. The van der Waals surface area contributed by atoms with Crippen LogP contribution in [0, 0.1) is 0 Å². The molecule has 0 aliphatic carbocycles. The van der Waals surface area contributed by atoms with E-state index < -0.39 is 6.10 Å². The van der Waals surface area contributed by atoms with E-state index in [9.17, 15) is 9.59 Å². The zero-order chi connectivity index (χ0) is 33.6. The lowest BCUT2D eigenvalue weighted by atomic mass is 10.1. The molecule has 0 saturated carbocycles. The van der Waals surface area contributed by atoms with Crippen molar-refractivity contribution in [2.75, 3.05) is 19.8 Å². The highest BCUT2D eigenvalue weighted by Gasteiger charge is 2.17. The van der Waals surface area contributed by atoms with Gasteiger partial charge in [-0.05, 0) is 44.9 Å². The fourth-order valence-electron chi connectivity index (χ4n) is 5.74. The Morgan fingerprint density at radius 3 is 1.35 bits per heavy atom. The molecule has 0 radical (unpaired) electrons. The second-order valence-electron chi connectivity index (χ2n) is 13.6. The largest absolute Gasteiger partial charge is 0.462 e. The van der Waals surface area contributed by atoms with Crippen molar-refractivity contribution in [3.63, 3.8) is 0 Å². The van der Waals surface area contributed by atoms with Crippen LogP contribution in [0.1, 0.15) is 213 Å². The van der Waals surface area contributed by atoms with Gasteiger partial charge in [0.25, 0.3) is 0 Å². The Balaban J connectivity index is 4.09. The van der Waals surface area contributed by atoms with Gasteiger partial charge >= 0.3 is 11.9 Å². The normalized spacial score (nSPS) is 12.2. The molecule has 0 spiro atoms. The van der Waals surface area contributed by atoms with Crippen molar-refractivity contribution in [1.29, 1.82) is 0 Å². The summed E-state index contributed by atoms with van der Waals surface area (Å²) < 4.78 is 17.1.